The van der Waals surface area contributed by atoms with E-state index in [4.69, 9.17) is 19.9 Å². The van der Waals surface area contributed by atoms with Crippen molar-refractivity contribution in [3.8, 4) is 17.2 Å². The zero-order valence-corrected chi connectivity index (χ0v) is 18.8. The average Bonchev–Trinajstić information content (AvgIpc) is 3.10. The lowest BCUT2D eigenvalue weighted by Gasteiger charge is -2.13. The van der Waals surface area contributed by atoms with Crippen molar-refractivity contribution in [2.24, 2.45) is 10.7 Å². The number of nitrogens with one attached hydrogen (secondary N) is 1. The number of halogens is 1. The maximum absolute atomic E-state index is 6.04. The first-order valence-electron chi connectivity index (χ1n) is 9.98. The Morgan fingerprint density at radius 1 is 1.00 bits per heavy atom. The van der Waals surface area contributed by atoms with Crippen molar-refractivity contribution in [3.05, 3.63) is 48.0 Å². The van der Waals surface area contributed by atoms with Crippen LogP contribution in [0.5, 0.6) is 17.2 Å². The number of aliphatic imine (C=N–C) groups is 1. The zero-order chi connectivity index (χ0) is 19.2. The van der Waals surface area contributed by atoms with Crippen LogP contribution in [0.15, 0.2) is 47.5 Å². The van der Waals surface area contributed by atoms with Gasteiger partial charge in [-0.1, -0.05) is 12.1 Å². The van der Waals surface area contributed by atoms with Gasteiger partial charge in [0, 0.05) is 18.2 Å². The first-order chi connectivity index (χ1) is 13.8. The molecule has 0 amide bonds. The SMILES string of the molecule is I.NC(=NCc1ccc(OC2CCCC2)cc1)Nc1ccc2c(c1)OCCCO2. The summed E-state index contributed by atoms with van der Waals surface area (Å²) in [6, 6.07) is 13.8. The quantitative estimate of drug-likeness (QED) is 0.347. The Kier molecular flexibility index (Phi) is 7.85. The molecule has 7 heteroatoms. The molecule has 0 spiro atoms. The van der Waals surface area contributed by atoms with E-state index in [2.05, 4.69) is 10.3 Å². The lowest BCUT2D eigenvalue weighted by Crippen LogP contribution is -2.22. The molecule has 2 aromatic rings. The van der Waals surface area contributed by atoms with Crippen molar-refractivity contribution in [2.75, 3.05) is 18.5 Å². The van der Waals surface area contributed by atoms with E-state index in [1.165, 1.54) is 12.8 Å². The summed E-state index contributed by atoms with van der Waals surface area (Å²) in [7, 11) is 0. The van der Waals surface area contributed by atoms with Gasteiger partial charge in [-0.3, -0.25) is 0 Å². The van der Waals surface area contributed by atoms with Crippen LogP contribution in [0.2, 0.25) is 0 Å². The van der Waals surface area contributed by atoms with Crippen LogP contribution in [-0.4, -0.2) is 25.3 Å². The monoisotopic (exact) mass is 509 g/mol. The Morgan fingerprint density at radius 2 is 1.72 bits per heavy atom. The predicted molar refractivity (Wildman–Crippen MR) is 126 cm³/mol. The molecule has 6 nitrogen and oxygen atoms in total. The molecule has 0 atom stereocenters. The third-order valence-electron chi connectivity index (χ3n) is 4.98. The van der Waals surface area contributed by atoms with E-state index in [0.717, 1.165) is 47.8 Å². The molecule has 0 radical (unpaired) electrons. The summed E-state index contributed by atoms with van der Waals surface area (Å²) < 4.78 is 17.3. The summed E-state index contributed by atoms with van der Waals surface area (Å²) in [6.45, 7) is 1.83. The van der Waals surface area contributed by atoms with Crippen molar-refractivity contribution in [2.45, 2.75) is 44.8 Å². The molecular weight excluding hydrogens is 481 g/mol. The predicted octanol–water partition coefficient (Wildman–Crippen LogP) is 4.71. The van der Waals surface area contributed by atoms with Crippen LogP contribution >= 0.6 is 24.0 Å². The minimum Gasteiger partial charge on any atom is -0.490 e. The van der Waals surface area contributed by atoms with Crippen molar-refractivity contribution < 1.29 is 14.2 Å². The van der Waals surface area contributed by atoms with Gasteiger partial charge in [-0.25, -0.2) is 4.99 Å². The summed E-state index contributed by atoms with van der Waals surface area (Å²) in [5, 5.41) is 3.11. The van der Waals surface area contributed by atoms with Crippen LogP contribution in [0.3, 0.4) is 0 Å². The number of fused-ring (bicyclic) bond motifs is 1. The smallest absolute Gasteiger partial charge is 0.193 e. The fraction of sp³-hybridized carbons (Fsp3) is 0.409. The van der Waals surface area contributed by atoms with E-state index in [9.17, 15) is 0 Å². The lowest BCUT2D eigenvalue weighted by molar-refractivity contribution is 0.210. The highest BCUT2D eigenvalue weighted by Gasteiger charge is 2.16. The van der Waals surface area contributed by atoms with Gasteiger partial charge >= 0.3 is 0 Å². The maximum Gasteiger partial charge on any atom is 0.193 e. The molecule has 0 aromatic heterocycles. The molecule has 2 aliphatic rings. The standard InChI is InChI=1S/C22H27N3O3.HI/c23-22(25-17-8-11-20-21(14-17)27-13-3-12-26-20)24-15-16-6-9-19(10-7-16)28-18-4-1-2-5-18;/h6-11,14,18H,1-5,12-13,15H2,(H3,23,24,25);1H. The normalized spacial score (nSPS) is 16.6. The zero-order valence-electron chi connectivity index (χ0n) is 16.4. The Hall–Kier alpha value is -2.16. The number of ether oxygens (including phenoxy) is 3. The first kappa shape index (κ1) is 21.5. The Bertz CT molecular complexity index is 821. The van der Waals surface area contributed by atoms with E-state index in [1.807, 2.05) is 42.5 Å². The summed E-state index contributed by atoms with van der Waals surface area (Å²) in [4.78, 5) is 4.42. The van der Waals surface area contributed by atoms with Crippen LogP contribution < -0.4 is 25.3 Å². The van der Waals surface area contributed by atoms with Gasteiger partial charge in [0.05, 0.1) is 25.9 Å². The molecule has 0 unspecified atom stereocenters. The van der Waals surface area contributed by atoms with Gasteiger partial charge in [-0.2, -0.15) is 0 Å². The van der Waals surface area contributed by atoms with Gasteiger partial charge in [0.2, 0.25) is 0 Å². The minimum atomic E-state index is 0. The van der Waals surface area contributed by atoms with Gasteiger partial charge in [-0.05, 0) is 55.5 Å². The van der Waals surface area contributed by atoms with Crippen molar-refractivity contribution in [3.63, 3.8) is 0 Å². The fourth-order valence-electron chi connectivity index (χ4n) is 3.48. The molecule has 1 saturated carbocycles. The van der Waals surface area contributed by atoms with Gasteiger partial charge in [0.15, 0.2) is 17.5 Å². The number of benzene rings is 2. The summed E-state index contributed by atoms with van der Waals surface area (Å²) >= 11 is 0. The summed E-state index contributed by atoms with van der Waals surface area (Å²) in [6.07, 6.45) is 6.12. The van der Waals surface area contributed by atoms with Gasteiger partial charge < -0.3 is 25.3 Å². The molecule has 156 valence electrons. The average molecular weight is 509 g/mol. The van der Waals surface area contributed by atoms with E-state index in [1.54, 1.807) is 0 Å². The van der Waals surface area contributed by atoms with Crippen LogP contribution in [0.25, 0.3) is 0 Å². The van der Waals surface area contributed by atoms with E-state index < -0.39 is 0 Å². The van der Waals surface area contributed by atoms with Crippen LogP contribution in [-0.2, 0) is 6.54 Å². The highest BCUT2D eigenvalue weighted by molar-refractivity contribution is 14.0. The van der Waals surface area contributed by atoms with Crippen molar-refractivity contribution >= 4 is 35.6 Å². The van der Waals surface area contributed by atoms with Crippen LogP contribution in [0, 0.1) is 0 Å². The van der Waals surface area contributed by atoms with E-state index in [-0.39, 0.29) is 24.0 Å². The van der Waals surface area contributed by atoms with Gasteiger partial charge in [0.1, 0.15) is 5.75 Å². The number of guanidine groups is 1. The molecule has 29 heavy (non-hydrogen) atoms. The van der Waals surface area contributed by atoms with E-state index in [0.29, 0.717) is 31.8 Å². The third-order valence-corrected chi connectivity index (χ3v) is 4.98. The second-order valence-electron chi connectivity index (χ2n) is 7.21. The number of hydrogen-bond donors (Lipinski definition) is 2. The molecule has 3 N–H and O–H groups in total. The first-order valence-corrected chi connectivity index (χ1v) is 9.98. The van der Waals surface area contributed by atoms with Gasteiger partial charge in [-0.15, -0.1) is 24.0 Å². The molecule has 1 aliphatic heterocycles. The molecule has 2 aromatic carbocycles. The molecule has 1 aliphatic carbocycles. The topological polar surface area (TPSA) is 78.1 Å². The van der Waals surface area contributed by atoms with Crippen molar-refractivity contribution in [1.29, 1.82) is 0 Å². The van der Waals surface area contributed by atoms with Crippen molar-refractivity contribution in [1.82, 2.24) is 0 Å². The Labute approximate surface area is 188 Å². The minimum absolute atomic E-state index is 0. The number of hydrogen-bond acceptors (Lipinski definition) is 4. The Morgan fingerprint density at radius 3 is 2.48 bits per heavy atom. The molecule has 0 bridgehead atoms. The number of nitrogens with zero attached hydrogens (tertiary/aromatic N) is 1. The summed E-state index contributed by atoms with van der Waals surface area (Å²) in [5.41, 5.74) is 7.95. The largest absolute Gasteiger partial charge is 0.490 e. The maximum atomic E-state index is 6.04. The lowest BCUT2D eigenvalue weighted by atomic mass is 10.2. The third kappa shape index (κ3) is 6.16. The second kappa shape index (κ2) is 10.6. The summed E-state index contributed by atoms with van der Waals surface area (Å²) in [5.74, 6) is 2.78. The molecule has 4 rings (SSSR count). The van der Waals surface area contributed by atoms with Crippen LogP contribution in [0.1, 0.15) is 37.7 Å². The highest BCUT2D eigenvalue weighted by atomic mass is 127. The highest BCUT2D eigenvalue weighted by Crippen LogP contribution is 2.32. The molecule has 1 fully saturated rings. The number of anilines is 1. The van der Waals surface area contributed by atoms with Crippen LogP contribution in [0.4, 0.5) is 5.69 Å². The number of nitrogens with two attached hydrogens (primary N) is 1. The fourth-order valence-corrected chi connectivity index (χ4v) is 3.48. The number of rotatable bonds is 5. The van der Waals surface area contributed by atoms with Gasteiger partial charge in [0.25, 0.3) is 0 Å². The molecule has 0 saturated heterocycles. The van der Waals surface area contributed by atoms with E-state index >= 15 is 0 Å². The Balaban J connectivity index is 0.00000240. The molecule has 1 heterocycles. The second-order valence-corrected chi connectivity index (χ2v) is 7.21. The molecular formula is C22H28IN3O3.